The van der Waals surface area contributed by atoms with Crippen molar-refractivity contribution >= 4 is 23.9 Å². The van der Waals surface area contributed by atoms with Gasteiger partial charge in [-0.25, -0.2) is 9.59 Å². The van der Waals surface area contributed by atoms with Gasteiger partial charge < -0.3 is 25.7 Å². The van der Waals surface area contributed by atoms with E-state index in [1.165, 1.54) is 13.4 Å². The average Bonchev–Trinajstić information content (AvgIpc) is 2.01. The summed E-state index contributed by atoms with van der Waals surface area (Å²) in [5.74, 6) is 0. The Hall–Kier alpha value is -1.15. The number of primary amides is 2. The Morgan fingerprint density at radius 3 is 1.77 bits per heavy atom. The van der Waals surface area contributed by atoms with E-state index in [0.717, 1.165) is 11.8 Å². The van der Waals surface area contributed by atoms with Gasteiger partial charge in [0.1, 0.15) is 0 Å². The molecular formula is C5H10N2O5S. The smallest absolute Gasteiger partial charge is 0.372 e. The third-order valence-electron chi connectivity index (χ3n) is 0.951. The van der Waals surface area contributed by atoms with E-state index >= 15 is 0 Å². The molecule has 0 radical (unpaired) electrons. The van der Waals surface area contributed by atoms with Crippen LogP contribution >= 0.6 is 11.8 Å². The SMILES string of the molecule is COC(OC(N)=O)(OC(N)=O)SC. The van der Waals surface area contributed by atoms with E-state index in [1.54, 1.807) is 0 Å². The molecule has 0 aliphatic rings. The van der Waals surface area contributed by atoms with Crippen molar-refractivity contribution in [3.8, 4) is 0 Å². The number of carbonyl (C=O) groups excluding carboxylic acids is 2. The zero-order valence-electron chi connectivity index (χ0n) is 7.10. The zero-order chi connectivity index (χ0) is 10.5. The van der Waals surface area contributed by atoms with Gasteiger partial charge >= 0.3 is 17.5 Å². The third-order valence-corrected chi connectivity index (χ3v) is 1.78. The van der Waals surface area contributed by atoms with Gasteiger partial charge in [0.15, 0.2) is 0 Å². The molecule has 0 rings (SSSR count). The van der Waals surface area contributed by atoms with Crippen LogP contribution in [0.15, 0.2) is 0 Å². The van der Waals surface area contributed by atoms with Gasteiger partial charge in [0.25, 0.3) is 0 Å². The van der Waals surface area contributed by atoms with Crippen LogP contribution in [-0.4, -0.2) is 30.9 Å². The highest BCUT2D eigenvalue weighted by atomic mass is 32.2. The number of carbonyl (C=O) groups is 2. The molecule has 0 unspecified atom stereocenters. The molecule has 0 aliphatic carbocycles. The van der Waals surface area contributed by atoms with Crippen LogP contribution in [-0.2, 0) is 14.2 Å². The topological polar surface area (TPSA) is 114 Å². The summed E-state index contributed by atoms with van der Waals surface area (Å²) in [5.41, 5.74) is 9.44. The number of hydrogen-bond donors (Lipinski definition) is 2. The van der Waals surface area contributed by atoms with Gasteiger partial charge in [-0.3, -0.25) is 0 Å². The Morgan fingerprint density at radius 1 is 1.23 bits per heavy atom. The van der Waals surface area contributed by atoms with E-state index in [-0.39, 0.29) is 0 Å². The lowest BCUT2D eigenvalue weighted by Gasteiger charge is -2.26. The van der Waals surface area contributed by atoms with Gasteiger partial charge in [0.05, 0.1) is 0 Å². The molecule has 0 aromatic heterocycles. The molecule has 8 heteroatoms. The predicted molar refractivity (Wildman–Crippen MR) is 44.6 cm³/mol. The van der Waals surface area contributed by atoms with Crippen LogP contribution in [0.2, 0.25) is 0 Å². The molecular weight excluding hydrogens is 200 g/mol. The highest BCUT2D eigenvalue weighted by Gasteiger charge is 2.38. The molecule has 7 nitrogen and oxygen atoms in total. The fourth-order valence-electron chi connectivity index (χ4n) is 0.517. The first-order chi connectivity index (χ1) is 5.95. The van der Waals surface area contributed by atoms with Crippen molar-refractivity contribution in [1.82, 2.24) is 0 Å². The molecule has 0 atom stereocenters. The number of methoxy groups -OCH3 is 1. The highest BCUT2D eigenvalue weighted by molar-refractivity contribution is 7.99. The summed E-state index contributed by atoms with van der Waals surface area (Å²) in [6.07, 6.45) is -0.801. The lowest BCUT2D eigenvalue weighted by Crippen LogP contribution is -2.41. The van der Waals surface area contributed by atoms with Crippen LogP contribution in [0.5, 0.6) is 0 Å². The molecule has 0 aliphatic heterocycles. The Bertz CT molecular complexity index is 187. The second kappa shape index (κ2) is 4.77. The zero-order valence-corrected chi connectivity index (χ0v) is 7.92. The second-order valence-corrected chi connectivity index (χ2v) is 2.66. The lowest BCUT2D eigenvalue weighted by molar-refractivity contribution is -0.245. The van der Waals surface area contributed by atoms with Crippen molar-refractivity contribution in [2.75, 3.05) is 13.4 Å². The summed E-state index contributed by atoms with van der Waals surface area (Å²) in [6, 6.07) is 0. The summed E-state index contributed by atoms with van der Waals surface area (Å²) < 4.78 is 13.4. The largest absolute Gasteiger partial charge is 0.434 e. The Kier molecular flexibility index (Phi) is 4.35. The molecule has 0 saturated heterocycles. The maximum atomic E-state index is 10.4. The molecule has 2 amide bonds. The predicted octanol–water partition coefficient (Wildman–Crippen LogP) is -0.202. The standard InChI is InChI=1S/C5H10N2O5S/c1-10-5(13-2,11-3(6)8)12-4(7)9/h1-2H3,(H2,6,8)(H2,7,9). The molecule has 0 bridgehead atoms. The molecule has 0 heterocycles. The third kappa shape index (κ3) is 3.85. The van der Waals surface area contributed by atoms with Crippen LogP contribution < -0.4 is 11.5 Å². The van der Waals surface area contributed by atoms with Gasteiger partial charge in [-0.15, -0.1) is 0 Å². The number of rotatable bonds is 4. The molecule has 0 saturated carbocycles. The normalized spacial score (nSPS) is 10.6. The molecule has 13 heavy (non-hydrogen) atoms. The fraction of sp³-hybridized carbons (Fsp3) is 0.600. The minimum atomic E-state index is -1.91. The molecule has 0 fully saturated rings. The minimum Gasteiger partial charge on any atom is -0.372 e. The summed E-state index contributed by atoms with van der Waals surface area (Å²) in [7, 11) is 1.17. The maximum absolute atomic E-state index is 10.4. The number of thioether (sulfide) groups is 1. The van der Waals surface area contributed by atoms with E-state index < -0.39 is 17.5 Å². The summed E-state index contributed by atoms with van der Waals surface area (Å²) in [5, 5.41) is -1.91. The van der Waals surface area contributed by atoms with Gasteiger partial charge in [-0.2, -0.15) is 0 Å². The molecule has 0 spiro atoms. The maximum Gasteiger partial charge on any atom is 0.434 e. The second-order valence-electron chi connectivity index (χ2n) is 1.75. The lowest BCUT2D eigenvalue weighted by atomic mass is 11.0. The van der Waals surface area contributed by atoms with E-state index in [9.17, 15) is 9.59 Å². The van der Waals surface area contributed by atoms with Crippen LogP contribution in [0.25, 0.3) is 0 Å². The minimum absolute atomic E-state index is 0.806. The average molecular weight is 210 g/mol. The van der Waals surface area contributed by atoms with E-state index in [2.05, 4.69) is 14.2 Å². The first-order valence-electron chi connectivity index (χ1n) is 3.03. The monoisotopic (exact) mass is 210 g/mol. The van der Waals surface area contributed by atoms with Crippen molar-refractivity contribution in [2.24, 2.45) is 11.5 Å². The van der Waals surface area contributed by atoms with Gasteiger partial charge in [0.2, 0.25) is 0 Å². The van der Waals surface area contributed by atoms with E-state index in [4.69, 9.17) is 11.5 Å². The van der Waals surface area contributed by atoms with Crippen molar-refractivity contribution in [3.63, 3.8) is 0 Å². The molecule has 76 valence electrons. The highest BCUT2D eigenvalue weighted by Crippen LogP contribution is 2.26. The van der Waals surface area contributed by atoms with Crippen molar-refractivity contribution in [3.05, 3.63) is 0 Å². The first-order valence-corrected chi connectivity index (χ1v) is 4.25. The molecule has 4 N–H and O–H groups in total. The van der Waals surface area contributed by atoms with Gasteiger partial charge in [-0.1, -0.05) is 0 Å². The molecule has 0 aromatic rings. The van der Waals surface area contributed by atoms with Crippen LogP contribution in [0.4, 0.5) is 9.59 Å². The van der Waals surface area contributed by atoms with E-state index in [0.29, 0.717) is 0 Å². The number of nitrogens with two attached hydrogens (primary N) is 2. The number of hydrogen-bond acceptors (Lipinski definition) is 6. The first kappa shape index (κ1) is 11.8. The van der Waals surface area contributed by atoms with Crippen molar-refractivity contribution in [2.45, 2.75) is 5.31 Å². The summed E-state index contributed by atoms with van der Waals surface area (Å²) in [4.78, 5) is 20.8. The number of amides is 2. The van der Waals surface area contributed by atoms with Crippen LogP contribution in [0.1, 0.15) is 0 Å². The Balaban J connectivity index is 4.48. The van der Waals surface area contributed by atoms with Gasteiger partial charge in [-0.05, 0) is 18.0 Å². The van der Waals surface area contributed by atoms with Gasteiger partial charge in [0, 0.05) is 7.11 Å². The summed E-state index contributed by atoms with van der Waals surface area (Å²) in [6.45, 7) is 0. The van der Waals surface area contributed by atoms with Crippen LogP contribution in [0.3, 0.4) is 0 Å². The van der Waals surface area contributed by atoms with Crippen LogP contribution in [0, 0.1) is 0 Å². The summed E-state index contributed by atoms with van der Waals surface area (Å²) >= 11 is 0.806. The Morgan fingerprint density at radius 2 is 1.62 bits per heavy atom. The quantitative estimate of drug-likeness (QED) is 0.621. The fourth-order valence-corrected chi connectivity index (χ4v) is 1.01. The van der Waals surface area contributed by atoms with E-state index in [1.807, 2.05) is 0 Å². The number of ether oxygens (including phenoxy) is 3. The Labute approximate surface area is 78.7 Å². The van der Waals surface area contributed by atoms with Crippen molar-refractivity contribution < 1.29 is 23.8 Å². The van der Waals surface area contributed by atoms with Crippen molar-refractivity contribution in [1.29, 1.82) is 0 Å². The molecule has 0 aromatic carbocycles.